The fraction of sp³-hybridized carbons (Fsp3) is 1.00. The van der Waals surface area contributed by atoms with Gasteiger partial charge in [-0.15, -0.1) is 0 Å². The lowest BCUT2D eigenvalue weighted by Crippen LogP contribution is -2.05. The summed E-state index contributed by atoms with van der Waals surface area (Å²) in [7, 11) is 0. The molecule has 0 aliphatic heterocycles. The molecule has 0 radical (unpaired) electrons. The molecule has 0 nitrogen and oxygen atoms in total. The summed E-state index contributed by atoms with van der Waals surface area (Å²) >= 11 is 0. The molecule has 0 aliphatic rings. The summed E-state index contributed by atoms with van der Waals surface area (Å²) in [5.74, 6) is 1.95. The highest BCUT2D eigenvalue weighted by Gasteiger charge is 2.09. The molecule has 0 fully saturated rings. The fourth-order valence-electron chi connectivity index (χ4n) is 2.14. The second-order valence-corrected chi connectivity index (χ2v) is 4.55. The Labute approximate surface area is 85.1 Å². The molecule has 0 aromatic rings. The standard InChI is InChI=1S/C13H28/c1-5-8-10-12(4)11-13(7-3)9-6-2/h12-13H,5-11H2,1-4H3. The van der Waals surface area contributed by atoms with E-state index in [9.17, 15) is 0 Å². The molecule has 0 N–H and O–H groups in total. The zero-order valence-corrected chi connectivity index (χ0v) is 10.1. The normalized spacial score (nSPS) is 15.7. The molecule has 0 aliphatic carbocycles. The number of hydrogen-bond acceptors (Lipinski definition) is 0. The van der Waals surface area contributed by atoms with Crippen molar-refractivity contribution in [2.45, 2.75) is 72.6 Å². The highest BCUT2D eigenvalue weighted by molar-refractivity contribution is 4.62. The predicted molar refractivity (Wildman–Crippen MR) is 62.0 cm³/mol. The molecule has 0 saturated heterocycles. The van der Waals surface area contributed by atoms with Crippen LogP contribution >= 0.6 is 0 Å². The van der Waals surface area contributed by atoms with E-state index in [2.05, 4.69) is 27.7 Å². The van der Waals surface area contributed by atoms with Crippen molar-refractivity contribution < 1.29 is 0 Å². The van der Waals surface area contributed by atoms with Gasteiger partial charge in [-0.1, -0.05) is 66.2 Å². The molecule has 2 atom stereocenters. The molecule has 0 aromatic carbocycles. The minimum absolute atomic E-state index is 0.955. The van der Waals surface area contributed by atoms with Gasteiger partial charge in [0.05, 0.1) is 0 Å². The number of rotatable bonds is 8. The molecule has 2 unspecified atom stereocenters. The summed E-state index contributed by atoms with van der Waals surface area (Å²) in [4.78, 5) is 0. The molecule has 0 heterocycles. The van der Waals surface area contributed by atoms with Crippen LogP contribution in [0.4, 0.5) is 0 Å². The molecule has 0 aromatic heterocycles. The third-order valence-electron chi connectivity index (χ3n) is 3.06. The van der Waals surface area contributed by atoms with E-state index in [1.54, 1.807) is 0 Å². The van der Waals surface area contributed by atoms with Crippen LogP contribution in [0, 0.1) is 11.8 Å². The average Bonchev–Trinajstić information content (AvgIpc) is 2.14. The van der Waals surface area contributed by atoms with Crippen LogP contribution in [-0.4, -0.2) is 0 Å². The quantitative estimate of drug-likeness (QED) is 0.496. The van der Waals surface area contributed by atoms with Gasteiger partial charge in [-0.25, -0.2) is 0 Å². The van der Waals surface area contributed by atoms with Crippen LogP contribution in [0.1, 0.15) is 72.6 Å². The summed E-state index contributed by atoms with van der Waals surface area (Å²) in [6, 6.07) is 0. The lowest BCUT2D eigenvalue weighted by molar-refractivity contribution is 0.339. The van der Waals surface area contributed by atoms with E-state index in [1.165, 1.54) is 44.9 Å². The van der Waals surface area contributed by atoms with Crippen LogP contribution in [0.15, 0.2) is 0 Å². The van der Waals surface area contributed by atoms with Crippen LogP contribution in [0.3, 0.4) is 0 Å². The molecular formula is C13H28. The molecule has 0 amide bonds. The third kappa shape index (κ3) is 7.10. The highest BCUT2D eigenvalue weighted by Crippen LogP contribution is 2.23. The Morgan fingerprint density at radius 2 is 1.62 bits per heavy atom. The van der Waals surface area contributed by atoms with Crippen molar-refractivity contribution in [3.8, 4) is 0 Å². The largest absolute Gasteiger partial charge is 0.0654 e. The number of hydrogen-bond donors (Lipinski definition) is 0. The van der Waals surface area contributed by atoms with Gasteiger partial charge in [0, 0.05) is 0 Å². The zero-order chi connectivity index (χ0) is 10.1. The summed E-state index contributed by atoms with van der Waals surface area (Å²) in [6.07, 6.45) is 9.86. The summed E-state index contributed by atoms with van der Waals surface area (Å²) < 4.78 is 0. The predicted octanol–water partition coefficient (Wildman–Crippen LogP) is 5.03. The van der Waals surface area contributed by atoms with E-state index in [4.69, 9.17) is 0 Å². The van der Waals surface area contributed by atoms with E-state index in [0.717, 1.165) is 11.8 Å². The maximum Gasteiger partial charge on any atom is -0.0414 e. The summed E-state index contributed by atoms with van der Waals surface area (Å²) in [6.45, 7) is 9.36. The smallest absolute Gasteiger partial charge is 0.0414 e. The van der Waals surface area contributed by atoms with Crippen molar-refractivity contribution in [3.05, 3.63) is 0 Å². The van der Waals surface area contributed by atoms with Crippen molar-refractivity contribution in [1.29, 1.82) is 0 Å². The molecular weight excluding hydrogens is 156 g/mol. The molecule has 13 heavy (non-hydrogen) atoms. The number of unbranched alkanes of at least 4 members (excludes halogenated alkanes) is 1. The second-order valence-electron chi connectivity index (χ2n) is 4.55. The van der Waals surface area contributed by atoms with E-state index in [0.29, 0.717) is 0 Å². The van der Waals surface area contributed by atoms with Gasteiger partial charge in [-0.05, 0) is 18.3 Å². The maximum absolute atomic E-state index is 2.42. The van der Waals surface area contributed by atoms with Crippen molar-refractivity contribution in [2.24, 2.45) is 11.8 Å². The van der Waals surface area contributed by atoms with Crippen molar-refractivity contribution in [1.82, 2.24) is 0 Å². The molecule has 0 heteroatoms. The van der Waals surface area contributed by atoms with Gasteiger partial charge >= 0.3 is 0 Å². The van der Waals surface area contributed by atoms with Gasteiger partial charge in [0.25, 0.3) is 0 Å². The van der Waals surface area contributed by atoms with E-state index < -0.39 is 0 Å². The topological polar surface area (TPSA) is 0 Å². The Hall–Kier alpha value is 0. The lowest BCUT2D eigenvalue weighted by Gasteiger charge is -2.18. The SMILES string of the molecule is CCCCC(C)CC(CC)CCC. The summed E-state index contributed by atoms with van der Waals surface area (Å²) in [5.41, 5.74) is 0. The monoisotopic (exact) mass is 184 g/mol. The Bertz CT molecular complexity index is 96.2. The first-order chi connectivity index (χ1) is 6.24. The maximum atomic E-state index is 2.42. The fourth-order valence-corrected chi connectivity index (χ4v) is 2.14. The lowest BCUT2D eigenvalue weighted by atomic mass is 9.88. The van der Waals surface area contributed by atoms with Gasteiger partial charge in [0.2, 0.25) is 0 Å². The van der Waals surface area contributed by atoms with Crippen molar-refractivity contribution in [3.63, 3.8) is 0 Å². The Kier molecular flexibility index (Phi) is 8.59. The van der Waals surface area contributed by atoms with Crippen LogP contribution < -0.4 is 0 Å². The third-order valence-corrected chi connectivity index (χ3v) is 3.06. The van der Waals surface area contributed by atoms with Crippen LogP contribution in [-0.2, 0) is 0 Å². The van der Waals surface area contributed by atoms with Crippen molar-refractivity contribution >= 4 is 0 Å². The molecule has 0 saturated carbocycles. The van der Waals surface area contributed by atoms with Crippen LogP contribution in [0.25, 0.3) is 0 Å². The molecule has 80 valence electrons. The van der Waals surface area contributed by atoms with E-state index >= 15 is 0 Å². The second kappa shape index (κ2) is 8.59. The van der Waals surface area contributed by atoms with Crippen LogP contribution in [0.5, 0.6) is 0 Å². The Morgan fingerprint density at radius 3 is 2.08 bits per heavy atom. The first-order valence-electron chi connectivity index (χ1n) is 6.24. The van der Waals surface area contributed by atoms with Crippen LogP contribution in [0.2, 0.25) is 0 Å². The van der Waals surface area contributed by atoms with Crippen molar-refractivity contribution in [2.75, 3.05) is 0 Å². The first kappa shape index (κ1) is 13.0. The highest BCUT2D eigenvalue weighted by atomic mass is 14.2. The molecule has 0 rings (SSSR count). The van der Waals surface area contributed by atoms with Gasteiger partial charge in [0.15, 0.2) is 0 Å². The van der Waals surface area contributed by atoms with Gasteiger partial charge in [0.1, 0.15) is 0 Å². The summed E-state index contributed by atoms with van der Waals surface area (Å²) in [5, 5.41) is 0. The Balaban J connectivity index is 3.53. The zero-order valence-electron chi connectivity index (χ0n) is 10.1. The molecule has 0 bridgehead atoms. The minimum atomic E-state index is 0.955. The van der Waals surface area contributed by atoms with E-state index in [1.807, 2.05) is 0 Å². The first-order valence-corrected chi connectivity index (χ1v) is 6.24. The van der Waals surface area contributed by atoms with Gasteiger partial charge in [-0.3, -0.25) is 0 Å². The minimum Gasteiger partial charge on any atom is -0.0654 e. The van der Waals surface area contributed by atoms with E-state index in [-0.39, 0.29) is 0 Å². The average molecular weight is 184 g/mol. The van der Waals surface area contributed by atoms with Gasteiger partial charge in [-0.2, -0.15) is 0 Å². The van der Waals surface area contributed by atoms with Gasteiger partial charge < -0.3 is 0 Å². The molecule has 0 spiro atoms. The Morgan fingerprint density at radius 1 is 0.923 bits per heavy atom.